The van der Waals surface area contributed by atoms with Gasteiger partial charge < -0.3 is 4.90 Å². The highest BCUT2D eigenvalue weighted by atomic mass is 16.2. The van der Waals surface area contributed by atoms with Crippen molar-refractivity contribution < 1.29 is 9.59 Å². The third kappa shape index (κ3) is 3.04. The number of hydrogen-bond acceptors (Lipinski definition) is 3. The van der Waals surface area contributed by atoms with E-state index in [1.54, 1.807) is 0 Å². The molecule has 16 heavy (non-hydrogen) atoms. The summed E-state index contributed by atoms with van der Waals surface area (Å²) in [7, 11) is 2.08. The van der Waals surface area contributed by atoms with Crippen LogP contribution in [0.3, 0.4) is 0 Å². The van der Waals surface area contributed by atoms with E-state index < -0.39 is 0 Å². The van der Waals surface area contributed by atoms with E-state index in [1.165, 1.54) is 0 Å². The SMILES string of the molecule is CC.CN1CCC2(CC1)CC(=O)NC(=O)C2. The molecule has 0 aromatic rings. The average Bonchev–Trinajstić information content (AvgIpc) is 2.24. The van der Waals surface area contributed by atoms with Crippen LogP contribution in [0, 0.1) is 5.41 Å². The summed E-state index contributed by atoms with van der Waals surface area (Å²) >= 11 is 0. The van der Waals surface area contributed by atoms with Crippen molar-refractivity contribution >= 4 is 11.8 Å². The zero-order valence-corrected chi connectivity index (χ0v) is 10.5. The van der Waals surface area contributed by atoms with Gasteiger partial charge in [-0.05, 0) is 38.4 Å². The van der Waals surface area contributed by atoms with Crippen molar-refractivity contribution in [3.05, 3.63) is 0 Å². The van der Waals surface area contributed by atoms with Gasteiger partial charge in [0.2, 0.25) is 11.8 Å². The van der Waals surface area contributed by atoms with Crippen LogP contribution in [0.15, 0.2) is 0 Å². The van der Waals surface area contributed by atoms with Gasteiger partial charge in [0.05, 0.1) is 0 Å². The normalized spacial score (nSPS) is 24.7. The number of carbonyl (C=O) groups excluding carboxylic acids is 2. The zero-order chi connectivity index (χ0) is 12.2. The Balaban J connectivity index is 0.000000606. The summed E-state index contributed by atoms with van der Waals surface area (Å²) in [6, 6.07) is 0. The van der Waals surface area contributed by atoms with Gasteiger partial charge in [0, 0.05) is 12.8 Å². The number of rotatable bonds is 0. The highest BCUT2D eigenvalue weighted by Gasteiger charge is 2.41. The molecule has 0 aliphatic carbocycles. The number of nitrogens with zero attached hydrogens (tertiary/aromatic N) is 1. The third-order valence-corrected chi connectivity index (χ3v) is 3.40. The molecule has 2 rings (SSSR count). The molecule has 1 N–H and O–H groups in total. The molecule has 2 amide bonds. The predicted molar refractivity (Wildman–Crippen MR) is 62.9 cm³/mol. The maximum atomic E-state index is 11.3. The Morgan fingerprint density at radius 2 is 1.50 bits per heavy atom. The van der Waals surface area contributed by atoms with Gasteiger partial charge in [-0.3, -0.25) is 14.9 Å². The molecule has 4 heteroatoms. The molecule has 2 aliphatic heterocycles. The molecule has 4 nitrogen and oxygen atoms in total. The molecule has 92 valence electrons. The van der Waals surface area contributed by atoms with Crippen LogP contribution >= 0.6 is 0 Å². The molecule has 2 saturated heterocycles. The molecule has 2 fully saturated rings. The minimum absolute atomic E-state index is 0.0219. The van der Waals surface area contributed by atoms with Crippen molar-refractivity contribution in [2.75, 3.05) is 20.1 Å². The predicted octanol–water partition coefficient (Wildman–Crippen LogP) is 1.16. The smallest absolute Gasteiger partial charge is 0.227 e. The fourth-order valence-corrected chi connectivity index (χ4v) is 2.43. The Hall–Kier alpha value is -0.900. The number of amides is 2. The molecule has 0 aromatic heterocycles. The molecule has 0 bridgehead atoms. The van der Waals surface area contributed by atoms with Crippen molar-refractivity contribution in [3.8, 4) is 0 Å². The van der Waals surface area contributed by atoms with Crippen LogP contribution < -0.4 is 5.32 Å². The van der Waals surface area contributed by atoms with Gasteiger partial charge in [-0.2, -0.15) is 0 Å². The van der Waals surface area contributed by atoms with Gasteiger partial charge >= 0.3 is 0 Å². The van der Waals surface area contributed by atoms with Crippen LogP contribution in [0.25, 0.3) is 0 Å². The lowest BCUT2D eigenvalue weighted by molar-refractivity contribution is -0.139. The van der Waals surface area contributed by atoms with E-state index in [2.05, 4.69) is 17.3 Å². The summed E-state index contributed by atoms with van der Waals surface area (Å²) in [6.45, 7) is 6.00. The Morgan fingerprint density at radius 3 is 1.94 bits per heavy atom. The first-order valence-corrected chi connectivity index (χ1v) is 6.11. The topological polar surface area (TPSA) is 49.4 Å². The van der Waals surface area contributed by atoms with Crippen molar-refractivity contribution in [2.45, 2.75) is 39.5 Å². The van der Waals surface area contributed by atoms with Crippen LogP contribution in [0.5, 0.6) is 0 Å². The Labute approximate surface area is 97.4 Å². The van der Waals surface area contributed by atoms with E-state index in [1.807, 2.05) is 13.8 Å². The molecule has 0 atom stereocenters. The van der Waals surface area contributed by atoms with Crippen molar-refractivity contribution in [1.29, 1.82) is 0 Å². The number of nitrogens with one attached hydrogen (secondary N) is 1. The van der Waals surface area contributed by atoms with Crippen molar-refractivity contribution in [1.82, 2.24) is 10.2 Å². The lowest BCUT2D eigenvalue weighted by atomic mass is 9.71. The Morgan fingerprint density at radius 1 is 1.06 bits per heavy atom. The van der Waals surface area contributed by atoms with Crippen LogP contribution in [-0.4, -0.2) is 36.9 Å². The Bertz CT molecular complexity index is 250. The van der Waals surface area contributed by atoms with E-state index >= 15 is 0 Å². The van der Waals surface area contributed by atoms with Crippen molar-refractivity contribution in [2.24, 2.45) is 5.41 Å². The maximum Gasteiger partial charge on any atom is 0.227 e. The van der Waals surface area contributed by atoms with E-state index in [-0.39, 0.29) is 17.2 Å². The fraction of sp³-hybridized carbons (Fsp3) is 0.833. The third-order valence-electron chi connectivity index (χ3n) is 3.40. The summed E-state index contributed by atoms with van der Waals surface area (Å²) in [4.78, 5) is 24.8. The minimum Gasteiger partial charge on any atom is -0.306 e. The highest BCUT2D eigenvalue weighted by molar-refractivity contribution is 5.98. The van der Waals surface area contributed by atoms with E-state index in [0.29, 0.717) is 12.8 Å². The van der Waals surface area contributed by atoms with Crippen LogP contribution in [0.2, 0.25) is 0 Å². The second-order valence-electron chi connectivity index (χ2n) is 4.63. The Kier molecular flexibility index (Phi) is 4.47. The first-order chi connectivity index (χ1) is 7.60. The summed E-state index contributed by atoms with van der Waals surface area (Å²) in [6.07, 6.45) is 3.02. The molecule has 0 saturated carbocycles. The second kappa shape index (κ2) is 5.43. The lowest BCUT2D eigenvalue weighted by Crippen LogP contribution is -2.49. The summed E-state index contributed by atoms with van der Waals surface area (Å²) in [5.74, 6) is -0.184. The molecule has 0 unspecified atom stereocenters. The fourth-order valence-electron chi connectivity index (χ4n) is 2.43. The van der Waals surface area contributed by atoms with Crippen LogP contribution in [-0.2, 0) is 9.59 Å². The molecular weight excluding hydrogens is 204 g/mol. The summed E-state index contributed by atoms with van der Waals surface area (Å²) in [5.41, 5.74) is -0.0219. The van der Waals surface area contributed by atoms with E-state index in [0.717, 1.165) is 25.9 Å². The van der Waals surface area contributed by atoms with E-state index in [4.69, 9.17) is 0 Å². The van der Waals surface area contributed by atoms with Crippen LogP contribution in [0.1, 0.15) is 39.5 Å². The van der Waals surface area contributed by atoms with Gasteiger partial charge in [0.1, 0.15) is 0 Å². The number of hydrogen-bond donors (Lipinski definition) is 1. The van der Waals surface area contributed by atoms with Gasteiger partial charge in [-0.1, -0.05) is 13.8 Å². The molecule has 0 aromatic carbocycles. The lowest BCUT2D eigenvalue weighted by Gasteiger charge is -2.41. The van der Waals surface area contributed by atoms with Gasteiger partial charge in [-0.15, -0.1) is 0 Å². The van der Waals surface area contributed by atoms with E-state index in [9.17, 15) is 9.59 Å². The first kappa shape index (κ1) is 13.2. The number of piperidine rings is 2. The average molecular weight is 226 g/mol. The maximum absolute atomic E-state index is 11.3. The quantitative estimate of drug-likeness (QED) is 0.631. The van der Waals surface area contributed by atoms with Crippen molar-refractivity contribution in [3.63, 3.8) is 0 Å². The highest BCUT2D eigenvalue weighted by Crippen LogP contribution is 2.39. The summed E-state index contributed by atoms with van der Waals surface area (Å²) < 4.78 is 0. The molecule has 2 heterocycles. The molecular formula is C12H22N2O2. The standard InChI is InChI=1S/C10H16N2O2.C2H6/c1-12-4-2-10(3-5-12)6-8(13)11-9(14)7-10;1-2/h2-7H2,1H3,(H,11,13,14);1-2H3. The van der Waals surface area contributed by atoms with Crippen LogP contribution in [0.4, 0.5) is 0 Å². The number of imide groups is 1. The molecule has 1 spiro atoms. The van der Waals surface area contributed by atoms with Gasteiger partial charge in [-0.25, -0.2) is 0 Å². The van der Waals surface area contributed by atoms with Gasteiger partial charge in [0.15, 0.2) is 0 Å². The molecule has 0 radical (unpaired) electrons. The molecule has 2 aliphatic rings. The number of carbonyl (C=O) groups is 2. The van der Waals surface area contributed by atoms with Gasteiger partial charge in [0.25, 0.3) is 0 Å². The summed E-state index contributed by atoms with van der Waals surface area (Å²) in [5, 5.41) is 2.37. The zero-order valence-electron chi connectivity index (χ0n) is 10.5. The minimum atomic E-state index is -0.0918. The number of likely N-dealkylation sites (tertiary alicyclic amines) is 1. The largest absolute Gasteiger partial charge is 0.306 e. The monoisotopic (exact) mass is 226 g/mol. The first-order valence-electron chi connectivity index (χ1n) is 6.11. The second-order valence-corrected chi connectivity index (χ2v) is 4.63.